The van der Waals surface area contributed by atoms with E-state index >= 15 is 0 Å². The van der Waals surface area contributed by atoms with E-state index in [9.17, 15) is 0 Å². The van der Waals surface area contributed by atoms with Crippen molar-refractivity contribution in [2.24, 2.45) is 0 Å². The summed E-state index contributed by atoms with van der Waals surface area (Å²) in [6.45, 7) is 2.27. The van der Waals surface area contributed by atoms with Gasteiger partial charge in [-0.25, -0.2) is 0 Å². The summed E-state index contributed by atoms with van der Waals surface area (Å²) < 4.78 is 0. The van der Waals surface area contributed by atoms with Gasteiger partial charge in [-0.05, 0) is 90.4 Å². The summed E-state index contributed by atoms with van der Waals surface area (Å²) in [5, 5.41) is 2.83. The summed E-state index contributed by atoms with van der Waals surface area (Å²) >= 11 is 0. The van der Waals surface area contributed by atoms with E-state index in [4.69, 9.17) is 0 Å². The van der Waals surface area contributed by atoms with Crippen molar-refractivity contribution in [3.8, 4) is 0 Å². The van der Waals surface area contributed by atoms with Gasteiger partial charge in [0.1, 0.15) is 0 Å². The van der Waals surface area contributed by atoms with Gasteiger partial charge in [-0.1, -0.05) is 67.6 Å². The summed E-state index contributed by atoms with van der Waals surface area (Å²) in [7, 11) is 3.84. The predicted octanol–water partition coefficient (Wildman–Crippen LogP) is 5.21. The van der Waals surface area contributed by atoms with Crippen LogP contribution in [0.3, 0.4) is 0 Å². The Labute approximate surface area is 197 Å². The van der Waals surface area contributed by atoms with Crippen LogP contribution in [0.5, 0.6) is 0 Å². The van der Waals surface area contributed by atoms with Crippen LogP contribution in [-0.2, 0) is 17.1 Å². The van der Waals surface area contributed by atoms with Crippen LogP contribution in [0.4, 0.5) is 0 Å². The quantitative estimate of drug-likeness (QED) is 0.427. The molecule has 0 N–H and O–H groups in total. The number of rotatable bonds is 6. The van der Waals surface area contributed by atoms with E-state index in [0.717, 1.165) is 6.42 Å². The molecule has 4 rings (SSSR count). The first-order valence-electron chi connectivity index (χ1n) is 10.2. The molecule has 2 aliphatic carbocycles. The summed E-state index contributed by atoms with van der Waals surface area (Å²) in [5.74, 6) is 1.47. The molecule has 2 saturated carbocycles. The zero-order chi connectivity index (χ0) is 20.5. The van der Waals surface area contributed by atoms with Crippen molar-refractivity contribution in [1.82, 2.24) is 4.90 Å². The van der Waals surface area contributed by atoms with Crippen LogP contribution in [0.25, 0.3) is 0 Å². The Morgan fingerprint density at radius 3 is 1.57 bits per heavy atom. The summed E-state index contributed by atoms with van der Waals surface area (Å²) in [5.41, 5.74) is 1.49. The van der Waals surface area contributed by atoms with Gasteiger partial charge < -0.3 is 4.90 Å². The summed E-state index contributed by atoms with van der Waals surface area (Å²) in [4.78, 5) is 2.34. The summed E-state index contributed by atoms with van der Waals surface area (Å²) in [6, 6.07) is 22.4. The van der Waals surface area contributed by atoms with E-state index < -0.39 is 7.92 Å². The van der Waals surface area contributed by atoms with E-state index in [-0.39, 0.29) is 17.1 Å². The minimum absolute atomic E-state index is 0. The number of hydrogen-bond donors (Lipinski definition) is 0. The SMILES string of the molecule is CC[C@H]([C]1[CH][CH][CH][C]1P(c1ccccc1)c1ccccc1)N(C)C.[CH]1[CH][CH][CH][CH]1.[Fe+2]. The van der Waals surface area contributed by atoms with Crippen molar-refractivity contribution in [3.05, 3.63) is 124 Å². The number of nitrogens with zero attached hydrogens (tertiary/aromatic N) is 1. The van der Waals surface area contributed by atoms with Crippen LogP contribution in [0.1, 0.15) is 13.3 Å². The average molecular weight is 455 g/mol. The van der Waals surface area contributed by atoms with Gasteiger partial charge in [0.15, 0.2) is 0 Å². The van der Waals surface area contributed by atoms with E-state index in [1.165, 1.54) is 22.2 Å². The Morgan fingerprint density at radius 1 is 0.700 bits per heavy atom. The molecular weight excluding hydrogens is 425 g/mol. The van der Waals surface area contributed by atoms with Gasteiger partial charge in [-0.15, -0.1) is 0 Å². The van der Waals surface area contributed by atoms with E-state index in [2.05, 4.69) is 106 Å². The van der Waals surface area contributed by atoms with Gasteiger partial charge in [0.25, 0.3) is 0 Å². The molecule has 0 saturated heterocycles. The van der Waals surface area contributed by atoms with E-state index in [1.807, 2.05) is 32.1 Å². The van der Waals surface area contributed by atoms with Gasteiger partial charge in [0.2, 0.25) is 0 Å². The van der Waals surface area contributed by atoms with E-state index in [1.54, 1.807) is 0 Å². The van der Waals surface area contributed by atoms with Crippen molar-refractivity contribution in [2.75, 3.05) is 14.1 Å². The molecule has 0 spiro atoms. The number of benzene rings is 2. The molecule has 0 bridgehead atoms. The molecule has 1 atom stereocenters. The maximum Gasteiger partial charge on any atom is 2.00 e. The molecule has 2 aromatic carbocycles. The molecule has 3 heteroatoms. The molecule has 2 fully saturated rings. The Balaban J connectivity index is 0.000000468. The first-order valence-corrected chi connectivity index (χ1v) is 11.6. The maximum atomic E-state index is 2.34. The fraction of sp³-hybridized carbons (Fsp3) is 0.185. The molecule has 10 radical (unpaired) electrons. The van der Waals surface area contributed by atoms with Gasteiger partial charge >= 0.3 is 17.1 Å². The Kier molecular flexibility index (Phi) is 11.7. The van der Waals surface area contributed by atoms with Crippen LogP contribution >= 0.6 is 7.92 Å². The molecule has 2 aromatic rings. The molecule has 2 aliphatic rings. The molecule has 0 heterocycles. The fourth-order valence-electron chi connectivity index (χ4n) is 3.68. The second kappa shape index (κ2) is 13.7. The normalized spacial score (nSPS) is 18.2. The van der Waals surface area contributed by atoms with Crippen molar-refractivity contribution < 1.29 is 17.1 Å². The van der Waals surface area contributed by atoms with Gasteiger partial charge in [0, 0.05) is 17.6 Å². The van der Waals surface area contributed by atoms with E-state index in [0.29, 0.717) is 6.04 Å². The van der Waals surface area contributed by atoms with Gasteiger partial charge in [-0.2, -0.15) is 0 Å². The van der Waals surface area contributed by atoms with Crippen LogP contribution in [-0.4, -0.2) is 25.0 Å². The molecule has 0 unspecified atom stereocenters. The third-order valence-corrected chi connectivity index (χ3v) is 7.54. The van der Waals surface area contributed by atoms with Crippen molar-refractivity contribution in [2.45, 2.75) is 19.4 Å². The van der Waals surface area contributed by atoms with Crippen molar-refractivity contribution in [3.63, 3.8) is 0 Å². The Bertz CT molecular complexity index is 639. The van der Waals surface area contributed by atoms with Gasteiger partial charge in [-0.3, -0.25) is 0 Å². The Hall–Kier alpha value is -0.651. The third-order valence-electron chi connectivity index (χ3n) is 5.02. The molecule has 30 heavy (non-hydrogen) atoms. The minimum atomic E-state index is -0.519. The topological polar surface area (TPSA) is 3.24 Å². The number of hydrogen-bond acceptors (Lipinski definition) is 1. The zero-order valence-corrected chi connectivity index (χ0v) is 19.9. The second-order valence-electron chi connectivity index (χ2n) is 7.22. The largest absolute Gasteiger partial charge is 2.00 e. The summed E-state index contributed by atoms with van der Waals surface area (Å²) in [6.07, 6.45) is 18.0. The van der Waals surface area contributed by atoms with Gasteiger partial charge in [0.05, 0.1) is 0 Å². The first kappa shape index (κ1) is 25.6. The average Bonchev–Trinajstić information content (AvgIpc) is 3.46. The first-order chi connectivity index (χ1) is 14.2. The minimum Gasteiger partial charge on any atom is -0.306 e. The molecule has 1 nitrogen and oxygen atoms in total. The standard InChI is InChI=1S/C22H25NP.C5H5.Fe/c1-4-21(23(2)3)20-16-11-17-22(20)24(18-12-7-5-8-13-18)19-14-9-6-10-15-19;1-2-4-5-3-1;/h5-17,21H,4H2,1-3H3;1-5H;/q;;+2/t21-;;/m1../s1. The maximum absolute atomic E-state index is 2.34. The van der Waals surface area contributed by atoms with Crippen LogP contribution in [0.2, 0.25) is 0 Å². The monoisotopic (exact) mass is 455 g/mol. The smallest absolute Gasteiger partial charge is 0.306 e. The third kappa shape index (κ3) is 6.93. The zero-order valence-electron chi connectivity index (χ0n) is 17.9. The van der Waals surface area contributed by atoms with Crippen molar-refractivity contribution in [1.29, 1.82) is 0 Å². The van der Waals surface area contributed by atoms with Crippen LogP contribution < -0.4 is 10.6 Å². The Morgan fingerprint density at radius 2 is 1.17 bits per heavy atom. The molecule has 154 valence electrons. The van der Waals surface area contributed by atoms with Crippen LogP contribution in [0.15, 0.2) is 60.7 Å². The second-order valence-corrected chi connectivity index (χ2v) is 9.41. The van der Waals surface area contributed by atoms with Crippen LogP contribution in [0, 0.1) is 62.9 Å². The molecular formula is C27H30FeNP+2. The molecule has 0 aromatic heterocycles. The van der Waals surface area contributed by atoms with Crippen molar-refractivity contribution >= 4 is 18.5 Å². The fourth-order valence-corrected chi connectivity index (χ4v) is 6.19. The predicted molar refractivity (Wildman–Crippen MR) is 128 cm³/mol. The molecule has 0 aliphatic heterocycles. The molecule has 0 amide bonds.